The molecule has 1 fully saturated rings. The van der Waals surface area contributed by atoms with Gasteiger partial charge in [0, 0.05) is 6.42 Å². The van der Waals surface area contributed by atoms with Gasteiger partial charge in [-0.1, -0.05) is 184 Å². The number of amides is 1. The maximum absolute atomic E-state index is 13.0. The van der Waals surface area contributed by atoms with Crippen LogP contribution in [0.25, 0.3) is 0 Å². The van der Waals surface area contributed by atoms with E-state index in [2.05, 4.69) is 67.8 Å². The Morgan fingerprint density at radius 2 is 1.00 bits per heavy atom. The molecule has 9 heteroatoms. The second kappa shape index (κ2) is 40.9. The van der Waals surface area contributed by atoms with E-state index in [1.165, 1.54) is 122 Å². The highest BCUT2D eigenvalue weighted by Gasteiger charge is 2.44. The van der Waals surface area contributed by atoms with Gasteiger partial charge in [0.25, 0.3) is 0 Å². The number of unbranched alkanes of at least 4 members (excludes halogenated alkanes) is 23. The Bertz CT molecular complexity index is 1120. The van der Waals surface area contributed by atoms with Crippen LogP contribution in [0.15, 0.2) is 60.8 Å². The monoisotopic (exact) mass is 846 g/mol. The maximum Gasteiger partial charge on any atom is 0.220 e. The van der Waals surface area contributed by atoms with Crippen LogP contribution in [0.3, 0.4) is 0 Å². The fourth-order valence-corrected chi connectivity index (χ4v) is 7.35. The van der Waals surface area contributed by atoms with Crippen molar-refractivity contribution in [2.45, 2.75) is 243 Å². The standard InChI is InChI=1S/C51H91NO8/c1-3-5-7-9-11-13-15-17-19-21-23-25-27-29-31-33-35-37-39-41-47(55)52-44(43-59-51-50(58)49(57)48(56)46(42-53)60-51)45(54)40-38-36-34-32-30-28-26-24-22-20-18-16-14-12-10-8-6-4-2/h11,13,15,17,22,24,30,32,38,40,44-46,48-51,53-54,56-58H,3-10,12,14,16,18-21,23,25-29,31,33-37,39,41-43H2,1-2H3,(H,52,55)/b13-11-,17-15-,24-22+,32-30+,40-38+. The number of hydrogen-bond acceptors (Lipinski definition) is 8. The van der Waals surface area contributed by atoms with Gasteiger partial charge in [-0.3, -0.25) is 4.79 Å². The van der Waals surface area contributed by atoms with Gasteiger partial charge in [0.15, 0.2) is 6.29 Å². The molecule has 0 saturated carbocycles. The summed E-state index contributed by atoms with van der Waals surface area (Å²) in [6.07, 6.45) is 46.9. The van der Waals surface area contributed by atoms with Gasteiger partial charge in [-0.15, -0.1) is 0 Å². The van der Waals surface area contributed by atoms with Crippen LogP contribution in [0.4, 0.5) is 0 Å². The van der Waals surface area contributed by atoms with E-state index in [0.29, 0.717) is 6.42 Å². The zero-order chi connectivity index (χ0) is 43.7. The smallest absolute Gasteiger partial charge is 0.220 e. The largest absolute Gasteiger partial charge is 0.394 e. The number of allylic oxidation sites excluding steroid dienone is 9. The minimum atomic E-state index is -1.58. The van der Waals surface area contributed by atoms with E-state index < -0.39 is 49.5 Å². The molecule has 7 atom stereocenters. The molecule has 1 saturated heterocycles. The summed E-state index contributed by atoms with van der Waals surface area (Å²) in [5.74, 6) is -0.197. The fraction of sp³-hybridized carbons (Fsp3) is 0.784. The molecule has 6 N–H and O–H groups in total. The summed E-state index contributed by atoms with van der Waals surface area (Å²) in [5.41, 5.74) is 0. The number of rotatable bonds is 40. The van der Waals surface area contributed by atoms with Gasteiger partial charge in [0.2, 0.25) is 5.91 Å². The number of nitrogens with one attached hydrogen (secondary N) is 1. The lowest BCUT2D eigenvalue weighted by Crippen LogP contribution is -2.60. The first-order chi connectivity index (χ1) is 29.3. The molecule has 0 bridgehead atoms. The van der Waals surface area contributed by atoms with Gasteiger partial charge in [-0.05, 0) is 70.6 Å². The number of aliphatic hydroxyl groups excluding tert-OH is 5. The lowest BCUT2D eigenvalue weighted by molar-refractivity contribution is -0.302. The van der Waals surface area contributed by atoms with Crippen molar-refractivity contribution in [2.75, 3.05) is 13.2 Å². The first-order valence-electron chi connectivity index (χ1n) is 24.5. The lowest BCUT2D eigenvalue weighted by atomic mass is 9.99. The molecule has 1 aliphatic rings. The quantitative estimate of drug-likeness (QED) is 0.0203. The van der Waals surface area contributed by atoms with Crippen LogP contribution < -0.4 is 5.32 Å². The highest BCUT2D eigenvalue weighted by molar-refractivity contribution is 5.76. The summed E-state index contributed by atoms with van der Waals surface area (Å²) < 4.78 is 11.2. The molecular formula is C51H91NO8. The highest BCUT2D eigenvalue weighted by Crippen LogP contribution is 2.22. The molecular weight excluding hydrogens is 755 g/mol. The summed E-state index contributed by atoms with van der Waals surface area (Å²) in [5, 5.41) is 54.2. The van der Waals surface area contributed by atoms with E-state index in [0.717, 1.165) is 57.8 Å². The summed E-state index contributed by atoms with van der Waals surface area (Å²) in [6.45, 7) is 3.71. The number of hydrogen-bond donors (Lipinski definition) is 6. The van der Waals surface area contributed by atoms with Crippen molar-refractivity contribution < 1.29 is 39.8 Å². The molecule has 0 aromatic carbocycles. The SMILES string of the molecule is CCCCC/C=C\C=C/CCCCCCCCCCCCC(=O)NC(COC1OC(CO)C(O)C(O)C1O)C(O)/C=C/CC/C=C/CC/C=C/CCCCCCCCCC. The normalized spacial score (nSPS) is 21.1. The molecule has 0 spiro atoms. The Morgan fingerprint density at radius 3 is 1.53 bits per heavy atom. The van der Waals surface area contributed by atoms with E-state index in [1.807, 2.05) is 6.08 Å². The molecule has 1 rings (SSSR count). The average Bonchev–Trinajstić information content (AvgIpc) is 3.25. The van der Waals surface area contributed by atoms with Crippen LogP contribution in [0.5, 0.6) is 0 Å². The first-order valence-corrected chi connectivity index (χ1v) is 24.5. The Labute approximate surface area is 366 Å². The molecule has 0 radical (unpaired) electrons. The predicted octanol–water partition coefficient (Wildman–Crippen LogP) is 10.8. The number of carbonyl (C=O) groups excluding carboxylic acids is 1. The van der Waals surface area contributed by atoms with Crippen molar-refractivity contribution >= 4 is 5.91 Å². The van der Waals surface area contributed by atoms with Crippen molar-refractivity contribution in [2.24, 2.45) is 0 Å². The van der Waals surface area contributed by atoms with E-state index in [-0.39, 0.29) is 12.5 Å². The minimum absolute atomic E-state index is 0.197. The molecule has 0 aliphatic carbocycles. The van der Waals surface area contributed by atoms with Gasteiger partial charge in [-0.25, -0.2) is 0 Å². The summed E-state index contributed by atoms with van der Waals surface area (Å²) in [4.78, 5) is 13.0. The molecule has 1 aliphatic heterocycles. The van der Waals surface area contributed by atoms with Crippen molar-refractivity contribution in [1.82, 2.24) is 5.32 Å². The molecule has 0 aromatic heterocycles. The van der Waals surface area contributed by atoms with Crippen LogP contribution in [-0.2, 0) is 14.3 Å². The van der Waals surface area contributed by atoms with Crippen LogP contribution in [0.2, 0.25) is 0 Å². The Kier molecular flexibility index (Phi) is 38.1. The molecule has 9 nitrogen and oxygen atoms in total. The molecule has 60 heavy (non-hydrogen) atoms. The predicted molar refractivity (Wildman–Crippen MR) is 249 cm³/mol. The van der Waals surface area contributed by atoms with Crippen LogP contribution in [0.1, 0.15) is 200 Å². The van der Waals surface area contributed by atoms with E-state index in [1.54, 1.807) is 6.08 Å². The van der Waals surface area contributed by atoms with E-state index in [4.69, 9.17) is 9.47 Å². The molecule has 0 aromatic rings. The number of aliphatic hydroxyl groups is 5. The second-order valence-corrected chi connectivity index (χ2v) is 16.9. The van der Waals surface area contributed by atoms with Gasteiger partial charge < -0.3 is 40.3 Å². The van der Waals surface area contributed by atoms with E-state index in [9.17, 15) is 30.3 Å². The van der Waals surface area contributed by atoms with Gasteiger partial charge in [-0.2, -0.15) is 0 Å². The molecule has 348 valence electrons. The first kappa shape index (κ1) is 55.9. The maximum atomic E-state index is 13.0. The van der Waals surface area contributed by atoms with E-state index >= 15 is 0 Å². The second-order valence-electron chi connectivity index (χ2n) is 16.9. The van der Waals surface area contributed by atoms with Gasteiger partial charge in [0.05, 0.1) is 25.4 Å². The van der Waals surface area contributed by atoms with Crippen LogP contribution in [-0.4, -0.2) is 87.5 Å². The van der Waals surface area contributed by atoms with Crippen molar-refractivity contribution in [3.05, 3.63) is 60.8 Å². The van der Waals surface area contributed by atoms with Gasteiger partial charge in [0.1, 0.15) is 24.4 Å². The third-order valence-electron chi connectivity index (χ3n) is 11.3. The molecule has 1 amide bonds. The third kappa shape index (κ3) is 30.8. The lowest BCUT2D eigenvalue weighted by Gasteiger charge is -2.40. The third-order valence-corrected chi connectivity index (χ3v) is 11.3. The topological polar surface area (TPSA) is 149 Å². The number of ether oxygens (including phenoxy) is 2. The fourth-order valence-electron chi connectivity index (χ4n) is 7.35. The Hall–Kier alpha value is -2.11. The van der Waals surface area contributed by atoms with Crippen molar-refractivity contribution in [3.8, 4) is 0 Å². The average molecular weight is 846 g/mol. The van der Waals surface area contributed by atoms with Crippen LogP contribution >= 0.6 is 0 Å². The Morgan fingerprint density at radius 1 is 0.567 bits per heavy atom. The van der Waals surface area contributed by atoms with Crippen molar-refractivity contribution in [3.63, 3.8) is 0 Å². The molecule has 1 heterocycles. The van der Waals surface area contributed by atoms with Gasteiger partial charge >= 0.3 is 0 Å². The molecule has 7 unspecified atom stereocenters. The summed E-state index contributed by atoms with van der Waals surface area (Å²) >= 11 is 0. The summed E-state index contributed by atoms with van der Waals surface area (Å²) in [6, 6.07) is -0.831. The zero-order valence-corrected chi connectivity index (χ0v) is 38.2. The van der Waals surface area contributed by atoms with Crippen LogP contribution in [0, 0.1) is 0 Å². The minimum Gasteiger partial charge on any atom is -0.394 e. The number of carbonyl (C=O) groups is 1. The zero-order valence-electron chi connectivity index (χ0n) is 38.2. The summed E-state index contributed by atoms with van der Waals surface area (Å²) in [7, 11) is 0. The Balaban J connectivity index is 2.37. The van der Waals surface area contributed by atoms with Crippen molar-refractivity contribution in [1.29, 1.82) is 0 Å². The highest BCUT2D eigenvalue weighted by atomic mass is 16.7.